The van der Waals surface area contributed by atoms with Gasteiger partial charge in [-0.1, -0.05) is 40.9 Å². The standard InChI is InChI=1S/C22H25Cl3N4O3S2/c1-34(31,32)29-8-6-27(7-9-29)22(30)28-12-16(14-33-21-5-3-17(23)11-26-21)18(13-28)15-2-4-19(24)20(25)10-15/h2-5,10-11,16,18H,6-9,12-14H2,1H3/t16-,18+/m0/s1. The van der Waals surface area contributed by atoms with Crippen LogP contribution in [0.15, 0.2) is 41.6 Å². The van der Waals surface area contributed by atoms with E-state index in [4.69, 9.17) is 34.8 Å². The number of benzene rings is 1. The molecular weight excluding hydrogens is 539 g/mol. The minimum atomic E-state index is -3.25. The van der Waals surface area contributed by atoms with E-state index in [-0.39, 0.29) is 17.9 Å². The lowest BCUT2D eigenvalue weighted by Gasteiger charge is -2.35. The van der Waals surface area contributed by atoms with Gasteiger partial charge in [0, 0.05) is 57.1 Å². The van der Waals surface area contributed by atoms with E-state index in [1.807, 2.05) is 29.2 Å². The van der Waals surface area contributed by atoms with Crippen LogP contribution in [0.25, 0.3) is 0 Å². The summed E-state index contributed by atoms with van der Waals surface area (Å²) in [6.45, 7) is 2.55. The summed E-state index contributed by atoms with van der Waals surface area (Å²) in [5.74, 6) is 1.04. The summed E-state index contributed by atoms with van der Waals surface area (Å²) in [6.07, 6.45) is 2.82. The molecule has 2 aliphatic heterocycles. The van der Waals surface area contributed by atoms with Crippen LogP contribution in [0.2, 0.25) is 15.1 Å². The van der Waals surface area contributed by atoms with Crippen molar-refractivity contribution in [1.82, 2.24) is 19.1 Å². The van der Waals surface area contributed by atoms with Crippen molar-refractivity contribution in [3.63, 3.8) is 0 Å². The Morgan fingerprint density at radius 3 is 2.38 bits per heavy atom. The molecule has 2 amide bonds. The molecule has 1 aromatic carbocycles. The predicted octanol–water partition coefficient (Wildman–Crippen LogP) is 4.55. The fourth-order valence-corrected chi connectivity index (χ4v) is 6.63. The zero-order valence-electron chi connectivity index (χ0n) is 18.5. The Kier molecular flexibility index (Phi) is 8.21. The van der Waals surface area contributed by atoms with Crippen LogP contribution in [0.1, 0.15) is 11.5 Å². The van der Waals surface area contributed by atoms with Gasteiger partial charge >= 0.3 is 6.03 Å². The maximum atomic E-state index is 13.3. The number of amides is 2. The number of aromatic nitrogens is 1. The smallest absolute Gasteiger partial charge is 0.320 e. The van der Waals surface area contributed by atoms with Gasteiger partial charge in [-0.15, -0.1) is 11.8 Å². The molecule has 34 heavy (non-hydrogen) atoms. The largest absolute Gasteiger partial charge is 0.324 e. The SMILES string of the molecule is CS(=O)(=O)N1CCN(C(=O)N2C[C@@H](CSc3ccc(Cl)cn3)[C@@H](c3ccc(Cl)c(Cl)c3)C2)CC1. The highest BCUT2D eigenvalue weighted by Gasteiger charge is 2.39. The summed E-state index contributed by atoms with van der Waals surface area (Å²) in [4.78, 5) is 21.3. The van der Waals surface area contributed by atoms with Crippen molar-refractivity contribution in [2.45, 2.75) is 10.9 Å². The Morgan fingerprint density at radius 2 is 1.76 bits per heavy atom. The molecule has 2 aliphatic rings. The van der Waals surface area contributed by atoms with E-state index in [0.29, 0.717) is 54.3 Å². The van der Waals surface area contributed by atoms with Gasteiger partial charge in [0.25, 0.3) is 0 Å². The second-order valence-corrected chi connectivity index (χ2v) is 12.8. The summed E-state index contributed by atoms with van der Waals surface area (Å²) in [7, 11) is -3.25. The first-order valence-electron chi connectivity index (χ1n) is 10.8. The fraction of sp³-hybridized carbons (Fsp3) is 0.455. The van der Waals surface area contributed by atoms with Crippen LogP contribution in [0.3, 0.4) is 0 Å². The summed E-state index contributed by atoms with van der Waals surface area (Å²) < 4.78 is 25.0. The van der Waals surface area contributed by atoms with E-state index in [9.17, 15) is 13.2 Å². The number of hydrogen-bond donors (Lipinski definition) is 0. The lowest BCUT2D eigenvalue weighted by molar-refractivity contribution is 0.141. The molecule has 2 saturated heterocycles. The average Bonchev–Trinajstić information content (AvgIpc) is 3.24. The van der Waals surface area contributed by atoms with E-state index in [1.54, 1.807) is 28.9 Å². The number of carbonyl (C=O) groups is 1. The van der Waals surface area contributed by atoms with Gasteiger partial charge in [0.2, 0.25) is 10.0 Å². The quantitative estimate of drug-likeness (QED) is 0.499. The number of thioether (sulfide) groups is 1. The number of likely N-dealkylation sites (tertiary alicyclic amines) is 1. The Balaban J connectivity index is 1.48. The molecule has 2 aromatic rings. The molecule has 2 fully saturated rings. The maximum absolute atomic E-state index is 13.3. The van der Waals surface area contributed by atoms with Crippen LogP contribution < -0.4 is 0 Å². The summed E-state index contributed by atoms with van der Waals surface area (Å²) in [5, 5.41) is 2.45. The zero-order chi connectivity index (χ0) is 24.5. The third kappa shape index (κ3) is 6.12. The predicted molar refractivity (Wildman–Crippen MR) is 138 cm³/mol. The fourth-order valence-electron chi connectivity index (χ4n) is 4.37. The number of urea groups is 1. The van der Waals surface area contributed by atoms with Crippen LogP contribution >= 0.6 is 46.6 Å². The average molecular weight is 564 g/mol. The summed E-state index contributed by atoms with van der Waals surface area (Å²) >= 11 is 20.0. The van der Waals surface area contributed by atoms with Gasteiger partial charge in [0.05, 0.1) is 26.3 Å². The molecule has 7 nitrogen and oxygen atoms in total. The lowest BCUT2D eigenvalue weighted by Crippen LogP contribution is -2.53. The molecule has 0 bridgehead atoms. The number of rotatable bonds is 5. The number of carbonyl (C=O) groups excluding carboxylic acids is 1. The Bertz CT molecular complexity index is 1140. The van der Waals surface area contributed by atoms with Gasteiger partial charge in [-0.05, 0) is 35.7 Å². The highest BCUT2D eigenvalue weighted by Crippen LogP contribution is 2.38. The summed E-state index contributed by atoms with van der Waals surface area (Å²) in [6, 6.07) is 9.28. The molecular formula is C22H25Cl3N4O3S2. The van der Waals surface area contributed by atoms with Gasteiger partial charge < -0.3 is 9.80 Å². The molecule has 0 spiro atoms. The van der Waals surface area contributed by atoms with E-state index in [0.717, 1.165) is 16.3 Å². The second-order valence-electron chi connectivity index (χ2n) is 8.50. The molecule has 0 unspecified atom stereocenters. The van der Waals surface area contributed by atoms with Crippen LogP contribution in [0.5, 0.6) is 0 Å². The van der Waals surface area contributed by atoms with Crippen molar-refractivity contribution in [3.05, 3.63) is 57.2 Å². The molecule has 12 heteroatoms. The first-order valence-corrected chi connectivity index (χ1v) is 14.8. The van der Waals surface area contributed by atoms with Crippen molar-refractivity contribution >= 4 is 62.6 Å². The Labute approximate surface area is 219 Å². The van der Waals surface area contributed by atoms with Crippen LogP contribution in [0.4, 0.5) is 4.79 Å². The highest BCUT2D eigenvalue weighted by atomic mass is 35.5. The van der Waals surface area contributed by atoms with Crippen LogP contribution in [-0.2, 0) is 10.0 Å². The summed E-state index contributed by atoms with van der Waals surface area (Å²) in [5.41, 5.74) is 1.04. The molecule has 4 rings (SSSR count). The molecule has 0 radical (unpaired) electrons. The molecule has 2 atom stereocenters. The first kappa shape index (κ1) is 25.9. The van der Waals surface area contributed by atoms with E-state index in [2.05, 4.69) is 4.98 Å². The van der Waals surface area contributed by atoms with Crippen molar-refractivity contribution in [2.75, 3.05) is 51.3 Å². The minimum Gasteiger partial charge on any atom is -0.324 e. The van der Waals surface area contributed by atoms with Gasteiger partial charge in [-0.3, -0.25) is 0 Å². The monoisotopic (exact) mass is 562 g/mol. The molecule has 184 valence electrons. The second kappa shape index (κ2) is 10.8. The molecule has 0 saturated carbocycles. The highest BCUT2D eigenvalue weighted by molar-refractivity contribution is 7.99. The number of hydrogen-bond acceptors (Lipinski definition) is 5. The van der Waals surface area contributed by atoms with Gasteiger partial charge in [0.15, 0.2) is 0 Å². The Hall–Kier alpha value is -1.23. The zero-order valence-corrected chi connectivity index (χ0v) is 22.4. The number of piperazine rings is 1. The first-order chi connectivity index (χ1) is 16.1. The lowest BCUT2D eigenvalue weighted by atomic mass is 9.90. The third-order valence-corrected chi connectivity index (χ3v) is 9.60. The van der Waals surface area contributed by atoms with Crippen molar-refractivity contribution in [1.29, 1.82) is 0 Å². The van der Waals surface area contributed by atoms with E-state index < -0.39 is 10.0 Å². The van der Waals surface area contributed by atoms with E-state index >= 15 is 0 Å². The number of halogens is 3. The van der Waals surface area contributed by atoms with Crippen molar-refractivity contribution in [2.24, 2.45) is 5.92 Å². The third-order valence-electron chi connectivity index (χ3n) is 6.21. The molecule has 3 heterocycles. The Morgan fingerprint density at radius 1 is 1.03 bits per heavy atom. The van der Waals surface area contributed by atoms with Gasteiger partial charge in [-0.25, -0.2) is 18.2 Å². The molecule has 0 N–H and O–H groups in total. The number of sulfonamides is 1. The van der Waals surface area contributed by atoms with Crippen molar-refractivity contribution < 1.29 is 13.2 Å². The molecule has 0 aliphatic carbocycles. The topological polar surface area (TPSA) is 73.8 Å². The minimum absolute atomic E-state index is 0.0599. The maximum Gasteiger partial charge on any atom is 0.320 e. The van der Waals surface area contributed by atoms with Crippen LogP contribution in [0, 0.1) is 5.92 Å². The normalized spacial score (nSPS) is 21.8. The van der Waals surface area contributed by atoms with Crippen LogP contribution in [-0.4, -0.2) is 84.8 Å². The van der Waals surface area contributed by atoms with Gasteiger partial charge in [0.1, 0.15) is 0 Å². The van der Waals surface area contributed by atoms with E-state index in [1.165, 1.54) is 10.6 Å². The number of pyridine rings is 1. The van der Waals surface area contributed by atoms with Gasteiger partial charge in [-0.2, -0.15) is 4.31 Å². The molecule has 1 aromatic heterocycles. The number of nitrogens with zero attached hydrogens (tertiary/aromatic N) is 4. The van der Waals surface area contributed by atoms with Crippen molar-refractivity contribution in [3.8, 4) is 0 Å².